The van der Waals surface area contributed by atoms with Crippen molar-refractivity contribution in [3.05, 3.63) is 34.8 Å². The van der Waals surface area contributed by atoms with Crippen molar-refractivity contribution in [3.63, 3.8) is 0 Å². The van der Waals surface area contributed by atoms with E-state index in [-0.39, 0.29) is 138 Å². The van der Waals surface area contributed by atoms with E-state index in [1.807, 2.05) is 18.7 Å². The second-order valence-electron chi connectivity index (χ2n) is 15.0. The largest absolute Gasteiger partial charge is 2.00 e. The fraction of sp³-hybridized carbons (Fsp3) is 0.969. The smallest absolute Gasteiger partial charge is 0.673 e. The quantitative estimate of drug-likeness (QED) is 0.0223. The standard InChI is InChI=1S/C13H25N4O4.C11H20N4O2.C7H15N3O2.CH3.3Cu.H2O/c1-8(21-20)14-4-9(5-18)2-11-13-12(16-7-17(13)16)3-10(6-19)15-11;1-6-10(14-5-13-6)9(12)8-7(3-16)2-15-4-11(8,15)17;1-4-6(10-3-9-4)2-5(8)7(11)12;;;;;/h8-14,18-20H,2-7H2,1H3;6-10,12,14,16-17H,2-5H2,1H3;4-9,11-12H,2-3H2,1H3;1H3;;;;1H2/q-1;2*-2;-1;;2*+2;. The monoisotopic (exact) mass is 936 g/mol. The van der Waals surface area contributed by atoms with E-state index in [9.17, 15) is 20.4 Å². The van der Waals surface area contributed by atoms with E-state index >= 15 is 0 Å². The van der Waals surface area contributed by atoms with Gasteiger partial charge in [0.1, 0.15) is 18.2 Å². The van der Waals surface area contributed by atoms with Gasteiger partial charge in [-0.15, -0.1) is 30.2 Å². The van der Waals surface area contributed by atoms with Gasteiger partial charge in [-0.2, -0.15) is 0 Å². The van der Waals surface area contributed by atoms with Crippen molar-refractivity contribution in [2.24, 2.45) is 17.8 Å². The third-order valence-corrected chi connectivity index (χ3v) is 11.6. The van der Waals surface area contributed by atoms with Crippen LogP contribution >= 0.6 is 0 Å². The molecule has 14 N–H and O–H groups in total. The first-order valence-corrected chi connectivity index (χ1v) is 18.0. The molecule has 0 aromatic heterocycles. The fourth-order valence-electron chi connectivity index (χ4n) is 8.47. The zero-order chi connectivity index (χ0) is 36.3. The number of rotatable bonds is 14. The predicted molar refractivity (Wildman–Crippen MR) is 194 cm³/mol. The molecule has 18 unspecified atom stereocenters. The molecule has 7 aliphatic heterocycles. The van der Waals surface area contributed by atoms with E-state index in [0.29, 0.717) is 51.5 Å². The zero-order valence-electron chi connectivity index (χ0n) is 31.8. The molecule has 3 radical (unpaired) electrons. The third-order valence-electron chi connectivity index (χ3n) is 11.6. The molecule has 23 heteroatoms. The van der Waals surface area contributed by atoms with Crippen molar-refractivity contribution in [1.82, 2.24) is 30.9 Å². The molecule has 0 aliphatic carbocycles. The number of fused-ring (bicyclic) bond motifs is 5. The van der Waals surface area contributed by atoms with Gasteiger partial charge in [0, 0.05) is 74.5 Å². The predicted octanol–water partition coefficient (Wildman–Crippen LogP) is -2.08. The summed E-state index contributed by atoms with van der Waals surface area (Å²) >= 11 is 0. The number of piperidine rings is 2. The average molecular weight is 939 g/mol. The SMILES string of the molecule is CC(NCC(CO)CC1[N-]C(CO)CC2C1N1CN21)OO.CC1NC[N-]C1CC([NH-])C(O)O.CC1[N-]CNC1C([NH-])C1C(CO)CN2CC12O.O.[CH3-].[Cu+2].[Cu+2].[Cu]. The molecule has 0 aromatic carbocycles. The number of nitrogens with one attached hydrogen (secondary N) is 5. The van der Waals surface area contributed by atoms with Gasteiger partial charge >= 0.3 is 34.1 Å². The van der Waals surface area contributed by atoms with Gasteiger partial charge in [-0.1, -0.05) is 46.1 Å². The maximum absolute atomic E-state index is 10.4. The van der Waals surface area contributed by atoms with Crippen LogP contribution < -0.4 is 16.0 Å². The van der Waals surface area contributed by atoms with Crippen molar-refractivity contribution in [1.29, 1.82) is 0 Å². The number of aliphatic hydroxyl groups excluding tert-OH is 4. The van der Waals surface area contributed by atoms with E-state index in [4.69, 9.17) is 32.3 Å². The summed E-state index contributed by atoms with van der Waals surface area (Å²) in [6.07, 6.45) is 0.126. The third kappa shape index (κ3) is 13.4. The van der Waals surface area contributed by atoms with Crippen LogP contribution in [0, 0.1) is 25.2 Å². The second kappa shape index (κ2) is 24.9. The maximum atomic E-state index is 10.4. The summed E-state index contributed by atoms with van der Waals surface area (Å²) in [5.41, 5.74) is 14.9. The van der Waals surface area contributed by atoms with E-state index in [1.54, 1.807) is 6.92 Å². The van der Waals surface area contributed by atoms with E-state index in [2.05, 4.69) is 41.5 Å². The Hall–Kier alpha value is 0.758. The first-order valence-electron chi connectivity index (χ1n) is 18.0. The zero-order valence-corrected chi connectivity index (χ0v) is 34.6. The first-order chi connectivity index (χ1) is 23.9. The Kier molecular flexibility index (Phi) is 25.2. The Morgan fingerprint density at radius 1 is 1.00 bits per heavy atom. The van der Waals surface area contributed by atoms with Crippen molar-refractivity contribution in [2.75, 3.05) is 59.5 Å². The molecule has 18 atom stereocenters. The molecule has 0 spiro atoms. The van der Waals surface area contributed by atoms with Gasteiger partial charge < -0.3 is 81.6 Å². The van der Waals surface area contributed by atoms with Crippen LogP contribution in [0.2, 0.25) is 0 Å². The molecular weight excluding hydrogens is 873 g/mol. The molecule has 7 rings (SSSR count). The number of hydrazine groups is 1. The van der Waals surface area contributed by atoms with Gasteiger partial charge in [-0.05, 0) is 37.3 Å². The first kappa shape index (κ1) is 55.8. The van der Waals surface area contributed by atoms with Crippen LogP contribution in [-0.4, -0.2) is 194 Å². The van der Waals surface area contributed by atoms with E-state index in [0.717, 1.165) is 19.5 Å². The Bertz CT molecular complexity index is 1080. The van der Waals surface area contributed by atoms with Gasteiger partial charge in [0.05, 0.1) is 6.67 Å². The fourth-order valence-corrected chi connectivity index (χ4v) is 8.47. The topological polar surface area (TPSA) is 317 Å². The van der Waals surface area contributed by atoms with Crippen LogP contribution in [0.15, 0.2) is 0 Å². The Morgan fingerprint density at radius 2 is 1.67 bits per heavy atom. The van der Waals surface area contributed by atoms with Crippen LogP contribution in [0.1, 0.15) is 40.0 Å². The molecule has 7 aliphatic rings. The molecule has 0 amide bonds. The number of hydrogen-bond donors (Lipinski definition) is 10. The van der Waals surface area contributed by atoms with E-state index < -0.39 is 30.3 Å². The van der Waals surface area contributed by atoms with Crippen LogP contribution in [0.3, 0.4) is 0 Å². The molecule has 55 heavy (non-hydrogen) atoms. The molecular formula is C32H65Cu3N11O9-2. The Morgan fingerprint density at radius 3 is 2.20 bits per heavy atom. The van der Waals surface area contributed by atoms with Gasteiger partial charge in [-0.3, -0.25) is 15.5 Å². The molecule has 337 valence electrons. The van der Waals surface area contributed by atoms with Crippen LogP contribution in [0.4, 0.5) is 0 Å². The second-order valence-corrected chi connectivity index (χ2v) is 15.0. The van der Waals surface area contributed by atoms with Gasteiger partial charge in [-0.25, -0.2) is 14.9 Å². The summed E-state index contributed by atoms with van der Waals surface area (Å²) in [5.74, 6) is -0.0879. The molecule has 0 saturated carbocycles. The summed E-state index contributed by atoms with van der Waals surface area (Å²) in [5, 5.41) is 91.9. The summed E-state index contributed by atoms with van der Waals surface area (Å²) < 4.78 is 0. The van der Waals surface area contributed by atoms with Crippen molar-refractivity contribution < 1.29 is 97.5 Å². The number of nitrogens with zero attached hydrogens (tertiary/aromatic N) is 6. The molecule has 0 bridgehead atoms. The molecule has 20 nitrogen and oxygen atoms in total. The minimum Gasteiger partial charge on any atom is -0.673 e. The Balaban J connectivity index is 0.000000786. The van der Waals surface area contributed by atoms with Crippen LogP contribution in [0.25, 0.3) is 27.4 Å². The summed E-state index contributed by atoms with van der Waals surface area (Å²) in [4.78, 5) is 6.13. The summed E-state index contributed by atoms with van der Waals surface area (Å²) in [6.45, 7) is 10.1. The minimum atomic E-state index is -1.55. The molecule has 0 aromatic rings. The van der Waals surface area contributed by atoms with Crippen LogP contribution in [0.5, 0.6) is 0 Å². The van der Waals surface area contributed by atoms with Crippen molar-refractivity contribution in [2.45, 2.75) is 119 Å². The maximum Gasteiger partial charge on any atom is 2.00 e. The van der Waals surface area contributed by atoms with Crippen molar-refractivity contribution >= 4 is 0 Å². The summed E-state index contributed by atoms with van der Waals surface area (Å²) in [7, 11) is 0. The van der Waals surface area contributed by atoms with Gasteiger partial charge in [0.2, 0.25) is 0 Å². The van der Waals surface area contributed by atoms with E-state index in [1.165, 1.54) is 0 Å². The number of hydrogen-bond acceptors (Lipinski definition) is 14. The van der Waals surface area contributed by atoms with Crippen molar-refractivity contribution in [3.8, 4) is 0 Å². The van der Waals surface area contributed by atoms with Gasteiger partial charge in [0.15, 0.2) is 0 Å². The molecule has 7 saturated heterocycles. The normalized spacial score (nSPS) is 40.6. The molecule has 7 heterocycles. The minimum absolute atomic E-state index is 0. The van der Waals surface area contributed by atoms with Crippen LogP contribution in [-0.2, 0) is 56.1 Å². The summed E-state index contributed by atoms with van der Waals surface area (Å²) in [6, 6.07) is 0.282. The van der Waals surface area contributed by atoms with Gasteiger partial charge in [0.25, 0.3) is 0 Å². The molecule has 7 fully saturated rings. The Labute approximate surface area is 357 Å². The average Bonchev–Trinajstić information content (AvgIpc) is 3.76. The number of aliphatic hydroxyl groups is 6.